The first-order chi connectivity index (χ1) is 14.3. The molecule has 10 heteroatoms. The Morgan fingerprint density at radius 3 is 2.60 bits per heavy atom. The highest BCUT2D eigenvalue weighted by molar-refractivity contribution is 5.93. The summed E-state index contributed by atoms with van der Waals surface area (Å²) in [6, 6.07) is 5.35. The van der Waals surface area contributed by atoms with Crippen LogP contribution in [0.1, 0.15) is 35.3 Å². The van der Waals surface area contributed by atoms with Crippen LogP contribution in [0.3, 0.4) is 0 Å². The number of imidazole rings is 1. The number of nitrogens with zero attached hydrogens (tertiary/aromatic N) is 4. The third-order valence-corrected chi connectivity index (χ3v) is 5.19. The van der Waals surface area contributed by atoms with Gasteiger partial charge in [0.1, 0.15) is 17.1 Å². The zero-order valence-electron chi connectivity index (χ0n) is 15.7. The maximum atomic E-state index is 13.7. The van der Waals surface area contributed by atoms with Crippen molar-refractivity contribution in [2.75, 3.05) is 13.2 Å². The third-order valence-electron chi connectivity index (χ3n) is 5.19. The summed E-state index contributed by atoms with van der Waals surface area (Å²) in [7, 11) is 0. The Bertz CT molecular complexity index is 1080. The minimum Gasteiger partial charge on any atom is -0.394 e. The van der Waals surface area contributed by atoms with Crippen molar-refractivity contribution >= 4 is 11.6 Å². The Hall–Kier alpha value is -3.01. The molecule has 0 bridgehead atoms. The van der Waals surface area contributed by atoms with Crippen LogP contribution in [0, 0.1) is 5.82 Å². The van der Waals surface area contributed by atoms with Crippen LogP contribution in [0.25, 0.3) is 16.9 Å². The lowest BCUT2D eigenvalue weighted by Crippen LogP contribution is -2.45. The number of halogens is 4. The van der Waals surface area contributed by atoms with E-state index in [0.29, 0.717) is 18.5 Å². The first-order valence-corrected chi connectivity index (χ1v) is 9.43. The highest BCUT2D eigenvalue weighted by Crippen LogP contribution is 2.34. The van der Waals surface area contributed by atoms with Gasteiger partial charge >= 0.3 is 6.18 Å². The van der Waals surface area contributed by atoms with Crippen LogP contribution in [0.5, 0.6) is 0 Å². The van der Waals surface area contributed by atoms with E-state index >= 15 is 0 Å². The molecule has 1 atom stereocenters. The molecule has 1 amide bonds. The maximum Gasteiger partial charge on any atom is 0.420 e. The summed E-state index contributed by atoms with van der Waals surface area (Å²) in [5.74, 6) is -1.07. The quantitative estimate of drug-likeness (QED) is 0.656. The average Bonchev–Trinajstić information content (AvgIpc) is 3.16. The van der Waals surface area contributed by atoms with Gasteiger partial charge in [-0.25, -0.2) is 13.9 Å². The van der Waals surface area contributed by atoms with E-state index in [1.54, 1.807) is 0 Å². The Morgan fingerprint density at radius 2 is 1.93 bits per heavy atom. The molecular weight excluding hydrogens is 404 g/mol. The van der Waals surface area contributed by atoms with Crippen LogP contribution in [0.2, 0.25) is 0 Å². The highest BCUT2D eigenvalue weighted by atomic mass is 19.4. The standard InChI is InChI=1S/C20H18F4N4O2/c21-13-6-4-12(5-7-13)16-9-15(20(22,23)24)18-25-17(10-28(18)26-16)19(30)27-8-2-1-3-14(27)11-29/h4-7,9-10,14,29H,1-3,8,11H2. The van der Waals surface area contributed by atoms with Crippen LogP contribution in [-0.4, -0.2) is 49.7 Å². The molecule has 2 aromatic heterocycles. The number of benzene rings is 1. The average molecular weight is 422 g/mol. The molecule has 1 aromatic carbocycles. The van der Waals surface area contributed by atoms with Gasteiger partial charge in [-0.1, -0.05) is 0 Å². The molecular formula is C20H18F4N4O2. The molecule has 1 aliphatic rings. The molecule has 0 spiro atoms. The molecule has 1 aliphatic heterocycles. The second kappa shape index (κ2) is 7.67. The number of alkyl halides is 3. The number of carbonyl (C=O) groups excluding carboxylic acids is 1. The number of hydrogen-bond donors (Lipinski definition) is 1. The molecule has 30 heavy (non-hydrogen) atoms. The van der Waals surface area contributed by atoms with Crippen molar-refractivity contribution in [3.8, 4) is 11.3 Å². The van der Waals surface area contributed by atoms with Crippen molar-refractivity contribution in [2.45, 2.75) is 31.5 Å². The van der Waals surface area contributed by atoms with E-state index in [1.165, 1.54) is 17.0 Å². The molecule has 1 fully saturated rings. The molecule has 158 valence electrons. The molecule has 3 heterocycles. The normalized spacial score (nSPS) is 17.5. The summed E-state index contributed by atoms with van der Waals surface area (Å²) in [6.45, 7) is 0.179. The van der Waals surface area contributed by atoms with Gasteiger partial charge in [0.2, 0.25) is 0 Å². The van der Waals surface area contributed by atoms with Crippen molar-refractivity contribution in [1.29, 1.82) is 0 Å². The summed E-state index contributed by atoms with van der Waals surface area (Å²) in [4.78, 5) is 18.2. The number of amides is 1. The van der Waals surface area contributed by atoms with Gasteiger partial charge < -0.3 is 10.0 Å². The van der Waals surface area contributed by atoms with E-state index in [-0.39, 0.29) is 24.0 Å². The lowest BCUT2D eigenvalue weighted by Gasteiger charge is -2.34. The third kappa shape index (κ3) is 3.74. The molecule has 1 unspecified atom stereocenters. The van der Waals surface area contributed by atoms with E-state index in [2.05, 4.69) is 10.1 Å². The van der Waals surface area contributed by atoms with Crippen molar-refractivity contribution < 1.29 is 27.5 Å². The number of carbonyl (C=O) groups is 1. The summed E-state index contributed by atoms with van der Waals surface area (Å²) in [5.41, 5.74) is -1.45. The van der Waals surface area contributed by atoms with Gasteiger partial charge in [0, 0.05) is 12.1 Å². The minimum absolute atomic E-state index is 0.0302. The van der Waals surface area contributed by atoms with Crippen LogP contribution in [0.15, 0.2) is 36.5 Å². The largest absolute Gasteiger partial charge is 0.420 e. The van der Waals surface area contributed by atoms with Gasteiger partial charge in [0.05, 0.1) is 24.5 Å². The van der Waals surface area contributed by atoms with E-state index in [0.717, 1.165) is 41.8 Å². The Balaban J connectivity index is 1.81. The first kappa shape index (κ1) is 20.3. The summed E-state index contributed by atoms with van der Waals surface area (Å²) in [6.07, 6.45) is -1.35. The molecule has 1 saturated heterocycles. The number of piperidine rings is 1. The lowest BCUT2D eigenvalue weighted by atomic mass is 10.0. The molecule has 0 radical (unpaired) electrons. The Labute approximate surface area is 168 Å². The zero-order valence-corrected chi connectivity index (χ0v) is 15.7. The van der Waals surface area contributed by atoms with Gasteiger partial charge in [-0.3, -0.25) is 4.79 Å². The summed E-state index contributed by atoms with van der Waals surface area (Å²) >= 11 is 0. The van der Waals surface area contributed by atoms with Gasteiger partial charge in [-0.05, 0) is 49.6 Å². The second-order valence-corrected chi connectivity index (χ2v) is 7.17. The van der Waals surface area contributed by atoms with Crippen LogP contribution < -0.4 is 0 Å². The van der Waals surface area contributed by atoms with Crippen molar-refractivity contribution in [3.05, 3.63) is 53.6 Å². The van der Waals surface area contributed by atoms with E-state index in [4.69, 9.17) is 0 Å². The summed E-state index contributed by atoms with van der Waals surface area (Å²) < 4.78 is 55.2. The second-order valence-electron chi connectivity index (χ2n) is 7.17. The molecule has 4 rings (SSSR count). The Kier molecular flexibility index (Phi) is 5.19. The fourth-order valence-electron chi connectivity index (χ4n) is 3.66. The lowest BCUT2D eigenvalue weighted by molar-refractivity contribution is -0.136. The van der Waals surface area contributed by atoms with E-state index in [9.17, 15) is 27.5 Å². The van der Waals surface area contributed by atoms with Crippen LogP contribution in [0.4, 0.5) is 17.6 Å². The van der Waals surface area contributed by atoms with Gasteiger partial charge in [-0.15, -0.1) is 0 Å². The molecule has 0 aliphatic carbocycles. The maximum absolute atomic E-state index is 13.7. The van der Waals surface area contributed by atoms with E-state index in [1.807, 2.05) is 0 Å². The zero-order chi connectivity index (χ0) is 21.5. The highest BCUT2D eigenvalue weighted by Gasteiger charge is 2.36. The van der Waals surface area contributed by atoms with Gasteiger partial charge in [0.15, 0.2) is 5.65 Å². The fourth-order valence-corrected chi connectivity index (χ4v) is 3.66. The van der Waals surface area contributed by atoms with Crippen molar-refractivity contribution in [1.82, 2.24) is 19.5 Å². The number of fused-ring (bicyclic) bond motifs is 1. The number of aromatic nitrogens is 3. The summed E-state index contributed by atoms with van der Waals surface area (Å²) in [5, 5.41) is 13.7. The van der Waals surface area contributed by atoms with Crippen LogP contribution >= 0.6 is 0 Å². The molecule has 1 N–H and O–H groups in total. The number of aliphatic hydroxyl groups is 1. The number of aliphatic hydroxyl groups excluding tert-OH is 1. The monoisotopic (exact) mass is 422 g/mol. The molecule has 3 aromatic rings. The minimum atomic E-state index is -4.73. The fraction of sp³-hybridized carbons (Fsp3) is 0.350. The smallest absolute Gasteiger partial charge is 0.394 e. The number of rotatable bonds is 3. The van der Waals surface area contributed by atoms with Crippen LogP contribution in [-0.2, 0) is 6.18 Å². The predicted molar refractivity (Wildman–Crippen MR) is 99.1 cm³/mol. The van der Waals surface area contributed by atoms with Crippen molar-refractivity contribution in [2.24, 2.45) is 0 Å². The predicted octanol–water partition coefficient (Wildman–Crippen LogP) is 3.54. The van der Waals surface area contributed by atoms with Gasteiger partial charge in [0.25, 0.3) is 5.91 Å². The van der Waals surface area contributed by atoms with Crippen molar-refractivity contribution in [3.63, 3.8) is 0 Å². The Morgan fingerprint density at radius 1 is 1.20 bits per heavy atom. The molecule has 6 nitrogen and oxygen atoms in total. The van der Waals surface area contributed by atoms with E-state index < -0.39 is 29.1 Å². The van der Waals surface area contributed by atoms with Gasteiger partial charge in [-0.2, -0.15) is 18.3 Å². The number of likely N-dealkylation sites (tertiary alicyclic amines) is 1. The first-order valence-electron chi connectivity index (χ1n) is 9.43. The SMILES string of the molecule is O=C(c1cn2nc(-c3ccc(F)cc3)cc(C(F)(F)F)c2n1)N1CCCCC1CO. The number of hydrogen-bond acceptors (Lipinski definition) is 4. The molecule has 0 saturated carbocycles. The topological polar surface area (TPSA) is 70.7 Å².